The molecule has 2 aliphatic heterocycles. The molecule has 23 heavy (non-hydrogen) atoms. The van der Waals surface area contributed by atoms with Crippen LogP contribution in [0.25, 0.3) is 0 Å². The molecule has 3 aliphatic rings. The van der Waals surface area contributed by atoms with Gasteiger partial charge in [0.1, 0.15) is 0 Å². The number of amides is 2. The molecule has 0 aromatic carbocycles. The van der Waals surface area contributed by atoms with E-state index in [0.29, 0.717) is 19.4 Å². The summed E-state index contributed by atoms with van der Waals surface area (Å²) in [7, 11) is 4.04. The minimum absolute atomic E-state index is 0.0264. The number of likely N-dealkylation sites (tertiary alicyclic amines) is 2. The number of rotatable bonds is 4. The van der Waals surface area contributed by atoms with Crippen molar-refractivity contribution in [1.29, 1.82) is 0 Å². The van der Waals surface area contributed by atoms with Crippen LogP contribution in [0, 0.1) is 11.3 Å². The largest absolute Gasteiger partial charge is 0.393 e. The van der Waals surface area contributed by atoms with Gasteiger partial charge < -0.3 is 19.8 Å². The standard InChI is InChI=1S/C17H29N3O3/c1-18(2)8-9-19-7-5-17(16(19)23)4-3-6-20(12-17)15(22)13-10-14(21)11-13/h13-14,21H,3-12H2,1-2H3. The van der Waals surface area contributed by atoms with Crippen molar-refractivity contribution in [2.24, 2.45) is 11.3 Å². The Balaban J connectivity index is 1.61. The third-order valence-corrected chi connectivity index (χ3v) is 5.77. The first-order chi connectivity index (χ1) is 10.9. The van der Waals surface area contributed by atoms with Gasteiger partial charge in [-0.3, -0.25) is 9.59 Å². The van der Waals surface area contributed by atoms with E-state index in [4.69, 9.17) is 0 Å². The molecule has 6 heteroatoms. The lowest BCUT2D eigenvalue weighted by atomic mass is 9.76. The van der Waals surface area contributed by atoms with E-state index in [1.807, 2.05) is 23.9 Å². The van der Waals surface area contributed by atoms with Gasteiger partial charge in [-0.25, -0.2) is 0 Å². The highest BCUT2D eigenvalue weighted by Gasteiger charge is 2.50. The molecule has 2 saturated heterocycles. The number of aliphatic hydroxyl groups is 1. The summed E-state index contributed by atoms with van der Waals surface area (Å²) in [5, 5.41) is 9.42. The summed E-state index contributed by atoms with van der Waals surface area (Å²) in [6.45, 7) is 3.81. The molecule has 0 aromatic rings. The van der Waals surface area contributed by atoms with Gasteiger partial charge in [-0.15, -0.1) is 0 Å². The van der Waals surface area contributed by atoms with E-state index in [-0.39, 0.29) is 29.3 Å². The Morgan fingerprint density at radius 3 is 2.70 bits per heavy atom. The van der Waals surface area contributed by atoms with Gasteiger partial charge in [-0.2, -0.15) is 0 Å². The van der Waals surface area contributed by atoms with Gasteiger partial charge in [-0.05, 0) is 46.2 Å². The van der Waals surface area contributed by atoms with E-state index in [9.17, 15) is 14.7 Å². The maximum absolute atomic E-state index is 12.9. The Bertz CT molecular complexity index is 476. The average Bonchev–Trinajstić information content (AvgIpc) is 2.78. The van der Waals surface area contributed by atoms with Crippen molar-refractivity contribution in [3.63, 3.8) is 0 Å². The van der Waals surface area contributed by atoms with E-state index in [1.165, 1.54) is 0 Å². The van der Waals surface area contributed by atoms with Gasteiger partial charge in [0.15, 0.2) is 0 Å². The first-order valence-corrected chi connectivity index (χ1v) is 8.82. The van der Waals surface area contributed by atoms with E-state index >= 15 is 0 Å². The number of piperidine rings is 1. The Morgan fingerprint density at radius 1 is 1.30 bits per heavy atom. The molecule has 1 unspecified atom stereocenters. The minimum Gasteiger partial charge on any atom is -0.393 e. The van der Waals surface area contributed by atoms with Gasteiger partial charge in [0, 0.05) is 38.6 Å². The maximum atomic E-state index is 12.9. The maximum Gasteiger partial charge on any atom is 0.230 e. The highest BCUT2D eigenvalue weighted by Crippen LogP contribution is 2.41. The Hall–Kier alpha value is -1.14. The van der Waals surface area contributed by atoms with Gasteiger partial charge in [0.25, 0.3) is 0 Å². The summed E-state index contributed by atoms with van der Waals surface area (Å²) in [5.41, 5.74) is -0.345. The van der Waals surface area contributed by atoms with Crippen LogP contribution in [0.3, 0.4) is 0 Å². The topological polar surface area (TPSA) is 64.1 Å². The number of nitrogens with zero attached hydrogens (tertiary/aromatic N) is 3. The number of hydrogen-bond acceptors (Lipinski definition) is 4. The number of carbonyl (C=O) groups is 2. The predicted molar refractivity (Wildman–Crippen MR) is 86.7 cm³/mol. The second-order valence-electron chi connectivity index (χ2n) is 7.81. The predicted octanol–water partition coefficient (Wildman–Crippen LogP) is 0.160. The fourth-order valence-electron chi connectivity index (χ4n) is 4.17. The van der Waals surface area contributed by atoms with Crippen LogP contribution in [0.15, 0.2) is 0 Å². The molecule has 0 radical (unpaired) electrons. The molecule has 2 amide bonds. The van der Waals surface area contributed by atoms with Crippen LogP contribution in [-0.4, -0.2) is 84.5 Å². The van der Waals surface area contributed by atoms with E-state index in [1.54, 1.807) is 0 Å². The van der Waals surface area contributed by atoms with Gasteiger partial charge >= 0.3 is 0 Å². The molecule has 1 aliphatic carbocycles. The third kappa shape index (κ3) is 3.24. The number of carbonyl (C=O) groups excluding carboxylic acids is 2. The van der Waals surface area contributed by atoms with Crippen molar-refractivity contribution in [2.45, 2.75) is 38.2 Å². The quantitative estimate of drug-likeness (QED) is 0.800. The lowest BCUT2D eigenvalue weighted by Gasteiger charge is -2.42. The van der Waals surface area contributed by atoms with Crippen LogP contribution in [0.5, 0.6) is 0 Å². The average molecular weight is 323 g/mol. The van der Waals surface area contributed by atoms with Crippen LogP contribution in [0.2, 0.25) is 0 Å². The van der Waals surface area contributed by atoms with Crippen LogP contribution in [0.4, 0.5) is 0 Å². The molecule has 0 bridgehead atoms. The van der Waals surface area contributed by atoms with Crippen molar-refractivity contribution in [1.82, 2.24) is 14.7 Å². The van der Waals surface area contributed by atoms with E-state index in [0.717, 1.165) is 45.4 Å². The SMILES string of the molecule is CN(C)CCN1CCC2(CCCN(C(=O)C3CC(O)C3)C2)C1=O. The Morgan fingerprint density at radius 2 is 2.04 bits per heavy atom. The first-order valence-electron chi connectivity index (χ1n) is 8.82. The molecule has 2 heterocycles. The summed E-state index contributed by atoms with van der Waals surface area (Å²) < 4.78 is 0. The molecule has 1 spiro atoms. The third-order valence-electron chi connectivity index (χ3n) is 5.77. The van der Waals surface area contributed by atoms with Crippen molar-refractivity contribution in [3.05, 3.63) is 0 Å². The minimum atomic E-state index is -0.345. The summed E-state index contributed by atoms with van der Waals surface area (Å²) in [6.07, 6.45) is 3.56. The zero-order chi connectivity index (χ0) is 16.6. The van der Waals surface area contributed by atoms with Crippen molar-refractivity contribution >= 4 is 11.8 Å². The highest BCUT2D eigenvalue weighted by atomic mass is 16.3. The van der Waals surface area contributed by atoms with Crippen LogP contribution in [0.1, 0.15) is 32.1 Å². The van der Waals surface area contributed by atoms with E-state index in [2.05, 4.69) is 4.90 Å². The van der Waals surface area contributed by atoms with Gasteiger partial charge in [0.05, 0.1) is 11.5 Å². The van der Waals surface area contributed by atoms with Crippen molar-refractivity contribution in [3.8, 4) is 0 Å². The monoisotopic (exact) mass is 323 g/mol. The lowest BCUT2D eigenvalue weighted by Crippen LogP contribution is -2.53. The first kappa shape index (κ1) is 16.7. The summed E-state index contributed by atoms with van der Waals surface area (Å²) in [5.74, 6) is 0.362. The number of likely N-dealkylation sites (N-methyl/N-ethyl adjacent to an activating group) is 1. The fourth-order valence-corrected chi connectivity index (χ4v) is 4.17. The molecular weight excluding hydrogens is 294 g/mol. The number of aliphatic hydroxyl groups excluding tert-OH is 1. The Labute approximate surface area is 138 Å². The molecule has 3 fully saturated rings. The zero-order valence-corrected chi connectivity index (χ0v) is 14.3. The molecule has 6 nitrogen and oxygen atoms in total. The van der Waals surface area contributed by atoms with Crippen LogP contribution in [-0.2, 0) is 9.59 Å². The lowest BCUT2D eigenvalue weighted by molar-refractivity contribution is -0.149. The second-order valence-corrected chi connectivity index (χ2v) is 7.81. The second kappa shape index (κ2) is 6.40. The normalized spacial score (nSPS) is 34.3. The smallest absolute Gasteiger partial charge is 0.230 e. The van der Waals surface area contributed by atoms with Crippen molar-refractivity contribution in [2.75, 3.05) is 46.8 Å². The molecule has 0 aromatic heterocycles. The van der Waals surface area contributed by atoms with Crippen LogP contribution >= 0.6 is 0 Å². The van der Waals surface area contributed by atoms with Crippen molar-refractivity contribution < 1.29 is 14.7 Å². The molecule has 3 rings (SSSR count). The Kier molecular flexibility index (Phi) is 4.65. The van der Waals surface area contributed by atoms with E-state index < -0.39 is 0 Å². The molecule has 1 atom stereocenters. The van der Waals surface area contributed by atoms with Gasteiger partial charge in [0.2, 0.25) is 11.8 Å². The summed E-state index contributed by atoms with van der Waals surface area (Å²) in [6, 6.07) is 0. The molecular formula is C17H29N3O3. The zero-order valence-electron chi connectivity index (χ0n) is 14.3. The summed E-state index contributed by atoms with van der Waals surface area (Å²) >= 11 is 0. The molecule has 1 saturated carbocycles. The number of hydrogen-bond donors (Lipinski definition) is 1. The molecule has 130 valence electrons. The fraction of sp³-hybridized carbons (Fsp3) is 0.882. The van der Waals surface area contributed by atoms with Gasteiger partial charge in [-0.1, -0.05) is 0 Å². The molecule has 1 N–H and O–H groups in total. The summed E-state index contributed by atoms with van der Waals surface area (Å²) in [4.78, 5) is 31.4. The van der Waals surface area contributed by atoms with Crippen LogP contribution < -0.4 is 0 Å². The highest BCUT2D eigenvalue weighted by molar-refractivity contribution is 5.87.